The molecule has 0 saturated carbocycles. The lowest BCUT2D eigenvalue weighted by molar-refractivity contribution is 0.242. The minimum absolute atomic E-state index is 0. The lowest BCUT2D eigenvalue weighted by Crippen LogP contribution is -2.12. The number of unbranched alkanes of at least 4 members (excludes halogenated alkanes) is 18. The summed E-state index contributed by atoms with van der Waals surface area (Å²) in [7, 11) is 0. The summed E-state index contributed by atoms with van der Waals surface area (Å²) in [4.78, 5) is 13.1. The Morgan fingerprint density at radius 3 is 1.39 bits per heavy atom. The lowest BCUT2D eigenvalue weighted by atomic mass is 9.88. The van der Waals surface area contributed by atoms with Gasteiger partial charge in [-0.1, -0.05) is 192 Å². The molecule has 3 aromatic carbocycles. The molecule has 388 valence electrons. The van der Waals surface area contributed by atoms with Gasteiger partial charge >= 0.3 is 0 Å². The van der Waals surface area contributed by atoms with Crippen LogP contribution in [0.15, 0.2) is 71.4 Å². The number of aromatic nitrogens is 2. The minimum atomic E-state index is -0.0401. The van der Waals surface area contributed by atoms with Gasteiger partial charge < -0.3 is 9.47 Å². The van der Waals surface area contributed by atoms with E-state index in [4.69, 9.17) is 25.9 Å². The van der Waals surface area contributed by atoms with Crippen LogP contribution in [-0.2, 0) is 0 Å². The molecule has 0 N–H and O–H groups in total. The van der Waals surface area contributed by atoms with E-state index in [-0.39, 0.29) is 21.6 Å². The first-order valence-corrected chi connectivity index (χ1v) is 28.6. The minimum Gasteiger partial charge on any atom is -0.477 e. The van der Waals surface area contributed by atoms with Gasteiger partial charge in [0.25, 0.3) is 0 Å². The molecular formula is C65H94N2O2S2. The van der Waals surface area contributed by atoms with Gasteiger partial charge in [0.05, 0.1) is 34.7 Å². The van der Waals surface area contributed by atoms with E-state index in [0.717, 1.165) is 83.5 Å². The number of hydrogen-bond donors (Lipinski definition) is 0. The standard InChI is InChI=1S/C65H72N2O2S2.11H2/c1-5-8-11-14-17-20-22-24-27-30-37-50(4)48-68-64-62(56-44-35-46-70-56)60-52-40-34-43-55-59(52)61(53-41-33-42-54(66-64)58(53)60)63(57-45-36-47-71-57)65(67-55)69-49-51(38-31-28-25-19-16-13-10-7-3)39-32-29-26-23-21-18-15-12-9-6-2;;;;;;;;;;;/h3,33-36,40-47,50-51H,5-6,8-9,11-12,14-15,17-18,20-24,26-27,29-30,32,37,39,48-49H2,1-2,4H3;11*1H. The van der Waals surface area contributed by atoms with Crippen molar-refractivity contribution in [3.63, 3.8) is 0 Å². The molecule has 4 nitrogen and oxygen atoms in total. The molecule has 2 unspecified atom stereocenters. The summed E-state index contributed by atoms with van der Waals surface area (Å²) in [6, 6.07) is 21.7. The van der Waals surface area contributed by atoms with E-state index in [0.29, 0.717) is 30.9 Å². The van der Waals surface area contributed by atoms with Crippen LogP contribution in [0.5, 0.6) is 11.8 Å². The molecule has 7 aromatic rings. The number of terminal acetylenes is 1. The molecule has 0 spiro atoms. The molecule has 0 amide bonds. The van der Waals surface area contributed by atoms with Gasteiger partial charge in [0.15, 0.2) is 0 Å². The van der Waals surface area contributed by atoms with E-state index in [2.05, 4.69) is 145 Å². The SMILES string of the molecule is C#CC#CC#CC#CC#CC(CCCCCCCCCCCC)COc1nc2cccc3c4c(-c5cccs5)c(OCC(C)CCCCCCCCCCCC)nc5cccc(c(c1-c1cccs1)c23)c54.[HH].[HH].[HH].[HH].[HH].[HH].[HH].[HH].[HH].[HH].[HH]. The Balaban J connectivity index is -0.00000180. The molecule has 0 aliphatic carbocycles. The zero-order valence-corrected chi connectivity index (χ0v) is 44.3. The number of pyridine rings is 2. The Hall–Kier alpha value is -5.94. The van der Waals surface area contributed by atoms with Crippen molar-refractivity contribution in [1.29, 1.82) is 0 Å². The van der Waals surface area contributed by atoms with Crippen molar-refractivity contribution in [2.24, 2.45) is 11.8 Å². The number of rotatable bonds is 30. The Bertz CT molecular complexity index is 3090. The van der Waals surface area contributed by atoms with E-state index in [9.17, 15) is 0 Å². The van der Waals surface area contributed by atoms with E-state index in [1.807, 2.05) is 0 Å². The highest BCUT2D eigenvalue weighted by atomic mass is 32.1. The van der Waals surface area contributed by atoms with Gasteiger partial charge in [0.1, 0.15) is 6.61 Å². The molecule has 2 atom stereocenters. The molecule has 6 heteroatoms. The van der Waals surface area contributed by atoms with Crippen LogP contribution >= 0.6 is 22.7 Å². The van der Waals surface area contributed by atoms with Crippen LogP contribution < -0.4 is 9.47 Å². The van der Waals surface area contributed by atoms with Gasteiger partial charge in [-0.15, -0.1) is 29.1 Å². The second kappa shape index (κ2) is 29.4. The van der Waals surface area contributed by atoms with Crippen LogP contribution in [0, 0.1) is 71.5 Å². The molecular weight excluding hydrogens is 905 g/mol. The summed E-state index contributed by atoms with van der Waals surface area (Å²) in [5.41, 5.74) is 3.89. The van der Waals surface area contributed by atoms with Crippen LogP contribution in [0.25, 0.3) is 64.2 Å². The van der Waals surface area contributed by atoms with E-state index < -0.39 is 0 Å². The van der Waals surface area contributed by atoms with Crippen LogP contribution in [0.4, 0.5) is 0 Å². The fraction of sp³-hybridized carbons (Fsp3) is 0.446. The Labute approximate surface area is 450 Å². The second-order valence-corrected chi connectivity index (χ2v) is 21.1. The molecule has 0 aliphatic heterocycles. The van der Waals surface area contributed by atoms with Gasteiger partial charge in [-0.25, -0.2) is 9.97 Å². The van der Waals surface area contributed by atoms with Crippen molar-refractivity contribution in [3.05, 3.63) is 71.4 Å². The number of fused-ring (bicyclic) bond motifs is 2. The number of benzene rings is 3. The normalized spacial score (nSPS) is 11.8. The molecule has 7 rings (SSSR count). The molecule has 0 fully saturated rings. The molecule has 71 heavy (non-hydrogen) atoms. The van der Waals surface area contributed by atoms with Crippen molar-refractivity contribution >= 4 is 66.0 Å². The highest BCUT2D eigenvalue weighted by Gasteiger charge is 2.27. The monoisotopic (exact) mass is 999 g/mol. The quantitative estimate of drug-likeness (QED) is 0.0195. The number of hydrogen-bond acceptors (Lipinski definition) is 6. The third kappa shape index (κ3) is 15.0. The van der Waals surface area contributed by atoms with Crippen molar-refractivity contribution < 1.29 is 25.2 Å². The van der Waals surface area contributed by atoms with Crippen molar-refractivity contribution in [1.82, 2.24) is 9.97 Å². The Morgan fingerprint density at radius 1 is 0.493 bits per heavy atom. The van der Waals surface area contributed by atoms with Crippen LogP contribution in [0.2, 0.25) is 0 Å². The first-order valence-electron chi connectivity index (χ1n) is 26.9. The molecule has 4 aromatic heterocycles. The third-order valence-corrected chi connectivity index (χ3v) is 15.4. The predicted molar refractivity (Wildman–Crippen MR) is 330 cm³/mol. The first-order chi connectivity index (χ1) is 35.1. The summed E-state index contributed by atoms with van der Waals surface area (Å²) < 4.78 is 13.8. The van der Waals surface area contributed by atoms with Crippen LogP contribution in [-0.4, -0.2) is 23.2 Å². The molecule has 0 saturated heterocycles. The lowest BCUT2D eigenvalue weighted by Gasteiger charge is -2.22. The smallest absolute Gasteiger partial charge is 0.223 e. The maximum Gasteiger partial charge on any atom is 0.223 e. The molecule has 0 aliphatic rings. The van der Waals surface area contributed by atoms with Crippen molar-refractivity contribution in [2.45, 2.75) is 162 Å². The van der Waals surface area contributed by atoms with Gasteiger partial charge in [-0.05, 0) is 112 Å². The molecule has 0 bridgehead atoms. The zero-order chi connectivity index (χ0) is 49.3. The Kier molecular flexibility index (Phi) is 21.9. The van der Waals surface area contributed by atoms with E-state index in [1.54, 1.807) is 22.7 Å². The Morgan fingerprint density at radius 2 is 0.930 bits per heavy atom. The van der Waals surface area contributed by atoms with E-state index in [1.165, 1.54) is 122 Å². The van der Waals surface area contributed by atoms with Gasteiger partial charge in [-0.3, -0.25) is 0 Å². The summed E-state index contributed by atoms with van der Waals surface area (Å²) in [5, 5.41) is 11.1. The highest BCUT2D eigenvalue weighted by Crippen LogP contribution is 2.51. The largest absolute Gasteiger partial charge is 0.477 e. The number of nitrogens with zero attached hydrogens (tertiary/aromatic N) is 2. The van der Waals surface area contributed by atoms with E-state index >= 15 is 0 Å². The maximum absolute atomic E-state index is 6.96. The summed E-state index contributed by atoms with van der Waals surface area (Å²) in [5.74, 6) is 26.7. The van der Waals surface area contributed by atoms with Gasteiger partial charge in [0, 0.05) is 47.0 Å². The zero-order valence-electron chi connectivity index (χ0n) is 42.7. The summed E-state index contributed by atoms with van der Waals surface area (Å²) >= 11 is 3.45. The molecule has 0 radical (unpaired) electrons. The number of thiophene rings is 2. The average Bonchev–Trinajstić information content (AvgIpc) is 4.14. The fourth-order valence-electron chi connectivity index (χ4n) is 9.92. The van der Waals surface area contributed by atoms with Crippen molar-refractivity contribution in [2.75, 3.05) is 13.2 Å². The second-order valence-electron chi connectivity index (χ2n) is 19.2. The first kappa shape index (κ1) is 52.9. The summed E-state index contributed by atoms with van der Waals surface area (Å²) in [6.45, 7) is 7.92. The summed E-state index contributed by atoms with van der Waals surface area (Å²) in [6.07, 6.45) is 33.5. The van der Waals surface area contributed by atoms with Crippen LogP contribution in [0.1, 0.15) is 178 Å². The van der Waals surface area contributed by atoms with Crippen molar-refractivity contribution in [3.8, 4) is 92.3 Å². The topological polar surface area (TPSA) is 44.2 Å². The highest BCUT2D eigenvalue weighted by molar-refractivity contribution is 7.14. The van der Waals surface area contributed by atoms with Crippen LogP contribution in [0.3, 0.4) is 0 Å². The molecule has 4 heterocycles. The van der Waals surface area contributed by atoms with Gasteiger partial charge in [-0.2, -0.15) is 0 Å². The maximum atomic E-state index is 6.96. The fourth-order valence-corrected chi connectivity index (χ4v) is 11.5. The average molecular weight is 1000 g/mol. The number of ether oxygens (including phenoxy) is 2. The van der Waals surface area contributed by atoms with Gasteiger partial charge in [0.2, 0.25) is 11.8 Å². The third-order valence-electron chi connectivity index (χ3n) is 13.6. The predicted octanol–water partition coefficient (Wildman–Crippen LogP) is 21.0.